The van der Waals surface area contributed by atoms with Gasteiger partial charge < -0.3 is 15.0 Å². The number of carbonyl (C=O) groups is 1. The first kappa shape index (κ1) is 19.4. The number of anilines is 2. The summed E-state index contributed by atoms with van der Waals surface area (Å²) in [6.45, 7) is 4.62. The second kappa shape index (κ2) is 9.04. The Kier molecular flexibility index (Phi) is 6.27. The fourth-order valence-electron chi connectivity index (χ4n) is 2.89. The highest BCUT2D eigenvalue weighted by Gasteiger charge is 2.19. The molecule has 0 aliphatic rings. The van der Waals surface area contributed by atoms with Gasteiger partial charge in [-0.3, -0.25) is 4.79 Å². The number of pyridine rings is 1. The van der Waals surface area contributed by atoms with E-state index in [-0.39, 0.29) is 11.9 Å². The molecule has 0 aliphatic heterocycles. The number of benzene rings is 2. The monoisotopic (exact) mass is 375 g/mol. The van der Waals surface area contributed by atoms with Gasteiger partial charge in [0.25, 0.3) is 5.91 Å². The van der Waals surface area contributed by atoms with Crippen molar-refractivity contribution in [3.05, 3.63) is 84.1 Å². The van der Waals surface area contributed by atoms with Crippen molar-refractivity contribution in [1.82, 2.24) is 9.88 Å². The molecule has 3 aromatic rings. The summed E-state index contributed by atoms with van der Waals surface area (Å²) in [7, 11) is 1.63. The Morgan fingerprint density at radius 1 is 1.07 bits per heavy atom. The molecule has 1 amide bonds. The van der Waals surface area contributed by atoms with Crippen molar-refractivity contribution in [3.8, 4) is 5.75 Å². The average Bonchev–Trinajstić information content (AvgIpc) is 2.73. The van der Waals surface area contributed by atoms with Crippen molar-refractivity contribution in [1.29, 1.82) is 0 Å². The average molecular weight is 375 g/mol. The van der Waals surface area contributed by atoms with Gasteiger partial charge in [0.1, 0.15) is 11.6 Å². The maximum Gasteiger partial charge on any atom is 0.254 e. The van der Waals surface area contributed by atoms with Gasteiger partial charge >= 0.3 is 0 Å². The van der Waals surface area contributed by atoms with E-state index >= 15 is 0 Å². The van der Waals surface area contributed by atoms with Crippen LogP contribution in [0.4, 0.5) is 11.5 Å². The molecule has 5 heteroatoms. The summed E-state index contributed by atoms with van der Waals surface area (Å²) in [5.41, 5.74) is 2.59. The Bertz CT molecular complexity index is 909. The molecule has 0 radical (unpaired) electrons. The maximum atomic E-state index is 13.1. The number of amides is 1. The SMILES string of the molecule is COc1ccc(Nc2cc(C(=O)N(Cc3ccccc3)C(C)C)ccn2)cc1. The molecule has 1 aromatic heterocycles. The molecule has 2 aromatic carbocycles. The van der Waals surface area contributed by atoms with Gasteiger partial charge in [-0.2, -0.15) is 0 Å². The Morgan fingerprint density at radius 3 is 2.43 bits per heavy atom. The summed E-state index contributed by atoms with van der Waals surface area (Å²) in [6.07, 6.45) is 1.65. The van der Waals surface area contributed by atoms with E-state index in [2.05, 4.69) is 10.3 Å². The van der Waals surface area contributed by atoms with Crippen LogP contribution < -0.4 is 10.1 Å². The fraction of sp³-hybridized carbons (Fsp3) is 0.217. The minimum atomic E-state index is -0.0148. The summed E-state index contributed by atoms with van der Waals surface area (Å²) >= 11 is 0. The van der Waals surface area contributed by atoms with E-state index in [9.17, 15) is 4.79 Å². The van der Waals surface area contributed by atoms with Gasteiger partial charge in [0.15, 0.2) is 0 Å². The van der Waals surface area contributed by atoms with E-state index in [1.165, 1.54) is 0 Å². The number of nitrogens with one attached hydrogen (secondary N) is 1. The Balaban J connectivity index is 1.77. The molecular weight excluding hydrogens is 350 g/mol. The van der Waals surface area contributed by atoms with Crippen molar-refractivity contribution in [3.63, 3.8) is 0 Å². The first-order chi connectivity index (χ1) is 13.6. The van der Waals surface area contributed by atoms with E-state index in [0.717, 1.165) is 17.0 Å². The number of rotatable bonds is 7. The van der Waals surface area contributed by atoms with Crippen LogP contribution in [0, 0.1) is 0 Å². The van der Waals surface area contributed by atoms with E-state index in [1.54, 1.807) is 25.4 Å². The largest absolute Gasteiger partial charge is 0.497 e. The number of carbonyl (C=O) groups excluding carboxylic acids is 1. The minimum absolute atomic E-state index is 0.0148. The lowest BCUT2D eigenvalue weighted by Gasteiger charge is -2.27. The maximum absolute atomic E-state index is 13.1. The van der Waals surface area contributed by atoms with E-state index in [1.807, 2.05) is 73.3 Å². The van der Waals surface area contributed by atoms with Crippen LogP contribution in [-0.2, 0) is 6.54 Å². The number of hydrogen-bond donors (Lipinski definition) is 1. The Hall–Kier alpha value is -3.34. The number of aromatic nitrogens is 1. The Morgan fingerprint density at radius 2 is 1.79 bits per heavy atom. The van der Waals surface area contributed by atoms with Crippen molar-refractivity contribution in [2.75, 3.05) is 12.4 Å². The first-order valence-electron chi connectivity index (χ1n) is 9.29. The molecule has 28 heavy (non-hydrogen) atoms. The van der Waals surface area contributed by atoms with Gasteiger partial charge in [-0.15, -0.1) is 0 Å². The molecule has 0 bridgehead atoms. The molecule has 3 rings (SSSR count). The zero-order valence-electron chi connectivity index (χ0n) is 16.4. The number of hydrogen-bond acceptors (Lipinski definition) is 4. The van der Waals surface area contributed by atoms with Crippen molar-refractivity contribution >= 4 is 17.4 Å². The minimum Gasteiger partial charge on any atom is -0.497 e. The zero-order valence-corrected chi connectivity index (χ0v) is 16.4. The van der Waals surface area contributed by atoms with Gasteiger partial charge in [0.2, 0.25) is 0 Å². The highest BCUT2D eigenvalue weighted by atomic mass is 16.5. The normalized spacial score (nSPS) is 10.6. The molecule has 0 spiro atoms. The smallest absolute Gasteiger partial charge is 0.254 e. The molecule has 0 atom stereocenters. The first-order valence-corrected chi connectivity index (χ1v) is 9.29. The van der Waals surface area contributed by atoms with Crippen molar-refractivity contribution < 1.29 is 9.53 Å². The van der Waals surface area contributed by atoms with Crippen molar-refractivity contribution in [2.45, 2.75) is 26.4 Å². The highest BCUT2D eigenvalue weighted by Crippen LogP contribution is 2.20. The van der Waals surface area contributed by atoms with Crippen LogP contribution in [-0.4, -0.2) is 28.9 Å². The molecule has 0 unspecified atom stereocenters. The number of ether oxygens (including phenoxy) is 1. The van der Waals surface area contributed by atoms with Gasteiger partial charge in [-0.1, -0.05) is 30.3 Å². The van der Waals surface area contributed by atoms with Crippen molar-refractivity contribution in [2.24, 2.45) is 0 Å². The standard InChI is InChI=1S/C23H25N3O2/c1-17(2)26(16-18-7-5-4-6-8-18)23(27)19-13-14-24-22(15-19)25-20-9-11-21(28-3)12-10-20/h4-15,17H,16H2,1-3H3,(H,24,25). The zero-order chi connectivity index (χ0) is 19.9. The molecule has 1 N–H and O–H groups in total. The number of methoxy groups -OCH3 is 1. The third kappa shape index (κ3) is 4.88. The van der Waals surface area contributed by atoms with Crippen LogP contribution >= 0.6 is 0 Å². The van der Waals surface area contributed by atoms with Gasteiger partial charge in [-0.25, -0.2) is 4.98 Å². The lowest BCUT2D eigenvalue weighted by atomic mass is 10.1. The quantitative estimate of drug-likeness (QED) is 0.639. The molecular formula is C23H25N3O2. The molecule has 144 valence electrons. The topological polar surface area (TPSA) is 54.5 Å². The fourth-order valence-corrected chi connectivity index (χ4v) is 2.89. The molecule has 0 aliphatic carbocycles. The molecule has 0 saturated carbocycles. The van der Waals surface area contributed by atoms with E-state index < -0.39 is 0 Å². The highest BCUT2D eigenvalue weighted by molar-refractivity contribution is 5.95. The summed E-state index contributed by atoms with van der Waals surface area (Å²) in [4.78, 5) is 19.3. The Labute approximate surface area is 166 Å². The third-order valence-electron chi connectivity index (χ3n) is 4.45. The van der Waals surface area contributed by atoms with Crippen LogP contribution in [0.3, 0.4) is 0 Å². The van der Waals surface area contributed by atoms with Crippen LogP contribution in [0.25, 0.3) is 0 Å². The molecule has 5 nitrogen and oxygen atoms in total. The molecule has 0 fully saturated rings. The lowest BCUT2D eigenvalue weighted by Crippen LogP contribution is -2.36. The van der Waals surface area contributed by atoms with Crippen LogP contribution in [0.1, 0.15) is 29.8 Å². The summed E-state index contributed by atoms with van der Waals surface area (Å²) in [6, 6.07) is 21.2. The number of nitrogens with zero attached hydrogens (tertiary/aromatic N) is 2. The second-order valence-electron chi connectivity index (χ2n) is 6.80. The summed E-state index contributed by atoms with van der Waals surface area (Å²) < 4.78 is 5.17. The summed E-state index contributed by atoms with van der Waals surface area (Å²) in [5.74, 6) is 1.40. The lowest BCUT2D eigenvalue weighted by molar-refractivity contribution is 0.0690. The molecule has 0 saturated heterocycles. The van der Waals surface area contributed by atoms with Gasteiger partial charge in [0, 0.05) is 30.0 Å². The predicted molar refractivity (Wildman–Crippen MR) is 112 cm³/mol. The van der Waals surface area contributed by atoms with Crippen LogP contribution in [0.2, 0.25) is 0 Å². The third-order valence-corrected chi connectivity index (χ3v) is 4.45. The van der Waals surface area contributed by atoms with E-state index in [0.29, 0.717) is 17.9 Å². The second-order valence-corrected chi connectivity index (χ2v) is 6.80. The van der Waals surface area contributed by atoms with Gasteiger partial charge in [0.05, 0.1) is 7.11 Å². The van der Waals surface area contributed by atoms with Crippen LogP contribution in [0.5, 0.6) is 5.75 Å². The van der Waals surface area contributed by atoms with Crippen LogP contribution in [0.15, 0.2) is 72.9 Å². The van der Waals surface area contributed by atoms with Gasteiger partial charge in [-0.05, 0) is 55.8 Å². The molecule has 1 heterocycles. The van der Waals surface area contributed by atoms with E-state index in [4.69, 9.17) is 4.74 Å². The predicted octanol–water partition coefficient (Wildman–Crippen LogP) is 4.88. The summed E-state index contributed by atoms with van der Waals surface area (Å²) in [5, 5.41) is 3.23.